The predicted octanol–water partition coefficient (Wildman–Crippen LogP) is 3.83. The van der Waals surface area contributed by atoms with E-state index in [1.807, 2.05) is 6.92 Å². The first-order valence-corrected chi connectivity index (χ1v) is 9.36. The molecular formula is C21H23ClN2O2. The number of carbonyl (C=O) groups is 2. The van der Waals surface area contributed by atoms with E-state index >= 15 is 0 Å². The summed E-state index contributed by atoms with van der Waals surface area (Å²) < 4.78 is 0. The Morgan fingerprint density at radius 1 is 1.08 bits per heavy atom. The molecule has 0 radical (unpaired) electrons. The lowest BCUT2D eigenvalue weighted by Gasteiger charge is -2.20. The van der Waals surface area contributed by atoms with Gasteiger partial charge >= 0.3 is 0 Å². The fourth-order valence-electron chi connectivity index (χ4n) is 3.30. The third-order valence-corrected chi connectivity index (χ3v) is 5.11. The van der Waals surface area contributed by atoms with Gasteiger partial charge in [-0.15, -0.1) is 0 Å². The van der Waals surface area contributed by atoms with Gasteiger partial charge in [0.2, 0.25) is 5.91 Å². The van der Waals surface area contributed by atoms with Crippen molar-refractivity contribution in [2.45, 2.75) is 38.6 Å². The van der Waals surface area contributed by atoms with Crippen LogP contribution in [-0.2, 0) is 17.6 Å². The number of hydrogen-bond acceptors (Lipinski definition) is 2. The Morgan fingerprint density at radius 2 is 1.81 bits per heavy atom. The van der Waals surface area contributed by atoms with E-state index in [2.05, 4.69) is 28.8 Å². The second-order valence-electron chi connectivity index (χ2n) is 6.69. The molecule has 0 saturated heterocycles. The number of halogens is 1. The van der Waals surface area contributed by atoms with Crippen molar-refractivity contribution in [2.75, 3.05) is 6.54 Å². The van der Waals surface area contributed by atoms with Crippen LogP contribution in [0.4, 0.5) is 0 Å². The van der Waals surface area contributed by atoms with Crippen molar-refractivity contribution >= 4 is 23.4 Å². The van der Waals surface area contributed by atoms with Gasteiger partial charge in [0.25, 0.3) is 5.91 Å². The molecule has 1 aliphatic carbocycles. The van der Waals surface area contributed by atoms with Crippen molar-refractivity contribution in [1.82, 2.24) is 10.6 Å². The molecule has 0 spiro atoms. The molecule has 4 nitrogen and oxygen atoms in total. The highest BCUT2D eigenvalue weighted by Gasteiger charge is 2.15. The average molecular weight is 371 g/mol. The number of hydrogen-bond donors (Lipinski definition) is 2. The molecule has 0 unspecified atom stereocenters. The fourth-order valence-corrected chi connectivity index (χ4v) is 3.52. The molecule has 1 aliphatic rings. The molecule has 1 atom stereocenters. The van der Waals surface area contributed by atoms with Crippen LogP contribution < -0.4 is 10.6 Å². The van der Waals surface area contributed by atoms with Crippen LogP contribution in [0.2, 0.25) is 5.02 Å². The molecule has 0 fully saturated rings. The van der Waals surface area contributed by atoms with Crippen LogP contribution in [0.15, 0.2) is 42.5 Å². The molecule has 0 bridgehead atoms. The summed E-state index contributed by atoms with van der Waals surface area (Å²) in [4.78, 5) is 24.3. The quantitative estimate of drug-likeness (QED) is 0.840. The van der Waals surface area contributed by atoms with Crippen LogP contribution in [0, 0.1) is 0 Å². The molecule has 3 rings (SSSR count). The smallest absolute Gasteiger partial charge is 0.253 e. The summed E-state index contributed by atoms with van der Waals surface area (Å²) in [6.07, 6.45) is 4.73. The standard InChI is InChI=1S/C21H23ClN2O2/c1-14(16-11-10-15-6-2-3-7-17(15)12-16)24-20(25)13-23-21(26)18-8-4-5-9-19(18)22/h4-5,8-12,14H,2-3,6-7,13H2,1H3,(H,23,26)(H,24,25)/t14-/m0/s1. The molecule has 0 heterocycles. The van der Waals surface area contributed by atoms with Gasteiger partial charge in [-0.2, -0.15) is 0 Å². The Morgan fingerprint density at radius 3 is 2.58 bits per heavy atom. The minimum Gasteiger partial charge on any atom is -0.348 e. The largest absolute Gasteiger partial charge is 0.348 e. The minimum atomic E-state index is -0.354. The Balaban J connectivity index is 1.54. The Hall–Kier alpha value is -2.33. The van der Waals surface area contributed by atoms with Gasteiger partial charge in [0.15, 0.2) is 0 Å². The number of amides is 2. The number of carbonyl (C=O) groups excluding carboxylic acids is 2. The number of nitrogens with one attached hydrogen (secondary N) is 2. The van der Waals surface area contributed by atoms with Gasteiger partial charge in [-0.25, -0.2) is 0 Å². The van der Waals surface area contributed by atoms with Crippen molar-refractivity contribution in [1.29, 1.82) is 0 Å². The van der Waals surface area contributed by atoms with Crippen molar-refractivity contribution in [3.05, 3.63) is 69.7 Å². The SMILES string of the molecule is C[C@H](NC(=O)CNC(=O)c1ccccc1Cl)c1ccc2c(c1)CCCC2. The van der Waals surface area contributed by atoms with Gasteiger partial charge < -0.3 is 10.6 Å². The monoisotopic (exact) mass is 370 g/mol. The molecule has 2 aromatic carbocycles. The number of fused-ring (bicyclic) bond motifs is 1. The molecule has 2 N–H and O–H groups in total. The summed E-state index contributed by atoms with van der Waals surface area (Å²) in [6, 6.07) is 13.1. The molecule has 0 saturated carbocycles. The third kappa shape index (κ3) is 4.44. The minimum absolute atomic E-state index is 0.0840. The molecule has 5 heteroatoms. The highest BCUT2D eigenvalue weighted by Crippen LogP contribution is 2.24. The van der Waals surface area contributed by atoms with Crippen molar-refractivity contribution < 1.29 is 9.59 Å². The van der Waals surface area contributed by atoms with Gasteiger partial charge in [-0.3, -0.25) is 9.59 Å². The van der Waals surface area contributed by atoms with Crippen LogP contribution in [0.5, 0.6) is 0 Å². The topological polar surface area (TPSA) is 58.2 Å². The maximum Gasteiger partial charge on any atom is 0.253 e. The molecule has 2 amide bonds. The Bertz CT molecular complexity index is 819. The Labute approximate surface area is 158 Å². The second kappa shape index (κ2) is 8.37. The summed E-state index contributed by atoms with van der Waals surface area (Å²) in [5.41, 5.74) is 4.27. The number of rotatable bonds is 5. The number of benzene rings is 2. The molecule has 26 heavy (non-hydrogen) atoms. The molecule has 2 aromatic rings. The van der Waals surface area contributed by atoms with Crippen LogP contribution in [0.3, 0.4) is 0 Å². The summed E-state index contributed by atoms with van der Waals surface area (Å²) in [5, 5.41) is 5.92. The van der Waals surface area contributed by atoms with Crippen LogP contribution in [-0.4, -0.2) is 18.4 Å². The van der Waals surface area contributed by atoms with E-state index in [0.29, 0.717) is 10.6 Å². The normalized spacial score (nSPS) is 14.2. The Kier molecular flexibility index (Phi) is 5.94. The van der Waals surface area contributed by atoms with Gasteiger partial charge in [-0.1, -0.05) is 41.9 Å². The second-order valence-corrected chi connectivity index (χ2v) is 7.09. The third-order valence-electron chi connectivity index (χ3n) is 4.78. The van der Waals surface area contributed by atoms with E-state index in [1.54, 1.807) is 24.3 Å². The zero-order chi connectivity index (χ0) is 18.5. The van der Waals surface area contributed by atoms with Crippen LogP contribution in [0.25, 0.3) is 0 Å². The lowest BCUT2D eigenvalue weighted by Crippen LogP contribution is -2.38. The summed E-state index contributed by atoms with van der Waals surface area (Å²) in [6.45, 7) is 1.87. The number of aryl methyl sites for hydroxylation is 2. The molecule has 0 aromatic heterocycles. The molecule has 136 valence electrons. The van der Waals surface area contributed by atoms with Crippen molar-refractivity contribution in [3.63, 3.8) is 0 Å². The maximum absolute atomic E-state index is 12.2. The van der Waals surface area contributed by atoms with E-state index in [4.69, 9.17) is 11.6 Å². The fraction of sp³-hybridized carbons (Fsp3) is 0.333. The van der Waals surface area contributed by atoms with Gasteiger partial charge in [0.1, 0.15) is 0 Å². The maximum atomic E-state index is 12.2. The van der Waals surface area contributed by atoms with E-state index in [-0.39, 0.29) is 24.4 Å². The lowest BCUT2D eigenvalue weighted by atomic mass is 9.89. The van der Waals surface area contributed by atoms with Gasteiger partial charge in [0, 0.05) is 0 Å². The van der Waals surface area contributed by atoms with E-state index in [0.717, 1.165) is 18.4 Å². The average Bonchev–Trinajstić information content (AvgIpc) is 2.66. The first-order chi connectivity index (χ1) is 12.5. The van der Waals surface area contributed by atoms with Gasteiger partial charge in [-0.05, 0) is 61.4 Å². The van der Waals surface area contributed by atoms with E-state index < -0.39 is 0 Å². The lowest BCUT2D eigenvalue weighted by molar-refractivity contribution is -0.120. The summed E-state index contributed by atoms with van der Waals surface area (Å²) in [7, 11) is 0. The zero-order valence-corrected chi connectivity index (χ0v) is 15.6. The highest BCUT2D eigenvalue weighted by molar-refractivity contribution is 6.33. The highest BCUT2D eigenvalue weighted by atomic mass is 35.5. The first-order valence-electron chi connectivity index (χ1n) is 8.98. The zero-order valence-electron chi connectivity index (χ0n) is 14.8. The van der Waals surface area contributed by atoms with Crippen LogP contribution in [0.1, 0.15) is 52.9 Å². The first kappa shape index (κ1) is 18.5. The van der Waals surface area contributed by atoms with Crippen LogP contribution >= 0.6 is 11.6 Å². The summed E-state index contributed by atoms with van der Waals surface area (Å²) >= 11 is 6.00. The summed E-state index contributed by atoms with van der Waals surface area (Å²) in [5.74, 6) is -0.581. The van der Waals surface area contributed by atoms with Crippen molar-refractivity contribution in [3.8, 4) is 0 Å². The predicted molar refractivity (Wildman–Crippen MR) is 103 cm³/mol. The van der Waals surface area contributed by atoms with E-state index in [1.165, 1.54) is 24.0 Å². The molecule has 0 aliphatic heterocycles. The van der Waals surface area contributed by atoms with Gasteiger partial charge in [0.05, 0.1) is 23.2 Å². The van der Waals surface area contributed by atoms with Crippen molar-refractivity contribution in [2.24, 2.45) is 0 Å². The molecular weight excluding hydrogens is 348 g/mol. The van der Waals surface area contributed by atoms with E-state index in [9.17, 15) is 9.59 Å².